The molecule has 0 bridgehead atoms. The van der Waals surface area contributed by atoms with Crippen LogP contribution in [0.2, 0.25) is 0 Å². The summed E-state index contributed by atoms with van der Waals surface area (Å²) in [6.45, 7) is 9.77. The molecule has 0 heterocycles. The fourth-order valence-electron chi connectivity index (χ4n) is 1.22. The van der Waals surface area contributed by atoms with Gasteiger partial charge in [-0.05, 0) is 13.0 Å². The SMILES string of the molecule is C=CCN(CCC)CC(C)C(=O)O. The van der Waals surface area contributed by atoms with Crippen molar-refractivity contribution >= 4 is 5.97 Å². The fraction of sp³-hybridized carbons (Fsp3) is 0.700. The molecule has 3 nitrogen and oxygen atoms in total. The zero-order chi connectivity index (χ0) is 10.3. The number of carboxylic acids is 1. The number of nitrogens with zero attached hydrogens (tertiary/aromatic N) is 1. The van der Waals surface area contributed by atoms with Crippen molar-refractivity contribution in [2.45, 2.75) is 20.3 Å². The van der Waals surface area contributed by atoms with Crippen molar-refractivity contribution in [3.63, 3.8) is 0 Å². The highest BCUT2D eigenvalue weighted by Crippen LogP contribution is 2.01. The second-order valence-corrected chi connectivity index (χ2v) is 3.29. The van der Waals surface area contributed by atoms with E-state index in [-0.39, 0.29) is 5.92 Å². The minimum atomic E-state index is -0.731. The maximum absolute atomic E-state index is 10.6. The lowest BCUT2D eigenvalue weighted by Crippen LogP contribution is -2.32. The molecule has 3 heteroatoms. The van der Waals surface area contributed by atoms with Crippen molar-refractivity contribution in [1.29, 1.82) is 0 Å². The van der Waals surface area contributed by atoms with Crippen LogP contribution in [0.15, 0.2) is 12.7 Å². The Labute approximate surface area is 80.0 Å². The van der Waals surface area contributed by atoms with Gasteiger partial charge in [-0.3, -0.25) is 9.69 Å². The standard InChI is InChI=1S/C10H19NO2/c1-4-6-11(7-5-2)8-9(3)10(12)13/h4,9H,1,5-8H2,2-3H3,(H,12,13). The molecular formula is C10H19NO2. The zero-order valence-electron chi connectivity index (χ0n) is 8.49. The van der Waals surface area contributed by atoms with Gasteiger partial charge in [0, 0.05) is 13.1 Å². The van der Waals surface area contributed by atoms with Crippen LogP contribution in [0.3, 0.4) is 0 Å². The van der Waals surface area contributed by atoms with E-state index in [0.29, 0.717) is 6.54 Å². The van der Waals surface area contributed by atoms with Gasteiger partial charge < -0.3 is 5.11 Å². The van der Waals surface area contributed by atoms with Gasteiger partial charge in [0.25, 0.3) is 0 Å². The topological polar surface area (TPSA) is 40.5 Å². The summed E-state index contributed by atoms with van der Waals surface area (Å²) in [5.74, 6) is -1.03. The number of rotatable bonds is 7. The molecule has 1 atom stereocenters. The van der Waals surface area contributed by atoms with Crippen LogP contribution in [0, 0.1) is 5.92 Å². The average molecular weight is 185 g/mol. The third-order valence-electron chi connectivity index (χ3n) is 1.88. The number of carbonyl (C=O) groups is 1. The van der Waals surface area contributed by atoms with Crippen LogP contribution in [0.4, 0.5) is 0 Å². The fourth-order valence-corrected chi connectivity index (χ4v) is 1.22. The van der Waals surface area contributed by atoms with E-state index in [0.717, 1.165) is 19.5 Å². The van der Waals surface area contributed by atoms with Crippen LogP contribution < -0.4 is 0 Å². The molecule has 0 aromatic heterocycles. The van der Waals surface area contributed by atoms with Gasteiger partial charge in [0.2, 0.25) is 0 Å². The Morgan fingerprint density at radius 1 is 1.69 bits per heavy atom. The smallest absolute Gasteiger partial charge is 0.307 e. The Kier molecular flexibility index (Phi) is 6.24. The van der Waals surface area contributed by atoms with Gasteiger partial charge in [0.05, 0.1) is 5.92 Å². The minimum absolute atomic E-state index is 0.300. The first kappa shape index (κ1) is 12.2. The van der Waals surface area contributed by atoms with Gasteiger partial charge in [-0.2, -0.15) is 0 Å². The minimum Gasteiger partial charge on any atom is -0.481 e. The van der Waals surface area contributed by atoms with E-state index in [1.54, 1.807) is 6.92 Å². The van der Waals surface area contributed by atoms with Crippen molar-refractivity contribution in [3.05, 3.63) is 12.7 Å². The Balaban J connectivity index is 3.92. The van der Waals surface area contributed by atoms with E-state index in [9.17, 15) is 4.79 Å². The van der Waals surface area contributed by atoms with Crippen LogP contribution in [-0.2, 0) is 4.79 Å². The molecule has 0 amide bonds. The maximum atomic E-state index is 10.6. The molecule has 0 fully saturated rings. The van der Waals surface area contributed by atoms with Gasteiger partial charge in [-0.25, -0.2) is 0 Å². The summed E-state index contributed by atoms with van der Waals surface area (Å²) in [5, 5.41) is 8.71. The number of hydrogen-bond acceptors (Lipinski definition) is 2. The Morgan fingerprint density at radius 3 is 2.69 bits per heavy atom. The van der Waals surface area contributed by atoms with Gasteiger partial charge in [0.1, 0.15) is 0 Å². The molecule has 0 aliphatic rings. The summed E-state index contributed by atoms with van der Waals surface area (Å²) in [5.41, 5.74) is 0. The lowest BCUT2D eigenvalue weighted by Gasteiger charge is -2.21. The van der Waals surface area contributed by atoms with E-state index >= 15 is 0 Å². The van der Waals surface area contributed by atoms with Crippen molar-refractivity contribution < 1.29 is 9.90 Å². The summed E-state index contributed by atoms with van der Waals surface area (Å²) in [6, 6.07) is 0. The van der Waals surface area contributed by atoms with E-state index in [1.807, 2.05) is 6.08 Å². The van der Waals surface area contributed by atoms with Gasteiger partial charge in [0.15, 0.2) is 0 Å². The van der Waals surface area contributed by atoms with Gasteiger partial charge in [-0.1, -0.05) is 19.9 Å². The molecule has 0 rings (SSSR count). The van der Waals surface area contributed by atoms with Crippen molar-refractivity contribution in [1.82, 2.24) is 4.90 Å². The summed E-state index contributed by atoms with van der Waals surface area (Å²) in [6.07, 6.45) is 2.85. The highest BCUT2D eigenvalue weighted by molar-refractivity contribution is 5.69. The highest BCUT2D eigenvalue weighted by Gasteiger charge is 2.14. The monoisotopic (exact) mass is 185 g/mol. The van der Waals surface area contributed by atoms with Crippen LogP contribution in [0.5, 0.6) is 0 Å². The van der Waals surface area contributed by atoms with Crippen molar-refractivity contribution in [2.75, 3.05) is 19.6 Å². The molecule has 0 saturated carbocycles. The number of hydrogen-bond donors (Lipinski definition) is 1. The molecule has 1 unspecified atom stereocenters. The molecule has 0 aliphatic heterocycles. The molecule has 0 saturated heterocycles. The first-order valence-corrected chi connectivity index (χ1v) is 4.67. The predicted octanol–water partition coefficient (Wildman–Crippen LogP) is 1.61. The van der Waals surface area contributed by atoms with Gasteiger partial charge >= 0.3 is 5.97 Å². The van der Waals surface area contributed by atoms with E-state index in [1.165, 1.54) is 0 Å². The second kappa shape index (κ2) is 6.66. The van der Waals surface area contributed by atoms with Crippen molar-refractivity contribution in [3.8, 4) is 0 Å². The maximum Gasteiger partial charge on any atom is 0.307 e. The highest BCUT2D eigenvalue weighted by atomic mass is 16.4. The lowest BCUT2D eigenvalue weighted by atomic mass is 10.1. The Bertz CT molecular complexity index is 168. The Hall–Kier alpha value is -0.830. The van der Waals surface area contributed by atoms with Gasteiger partial charge in [-0.15, -0.1) is 6.58 Å². The summed E-state index contributed by atoms with van der Waals surface area (Å²) >= 11 is 0. The zero-order valence-corrected chi connectivity index (χ0v) is 8.49. The Morgan fingerprint density at radius 2 is 2.31 bits per heavy atom. The van der Waals surface area contributed by atoms with E-state index in [4.69, 9.17) is 5.11 Å². The summed E-state index contributed by atoms with van der Waals surface area (Å²) in [7, 11) is 0. The summed E-state index contributed by atoms with van der Waals surface area (Å²) < 4.78 is 0. The largest absolute Gasteiger partial charge is 0.481 e. The van der Waals surface area contributed by atoms with Crippen LogP contribution >= 0.6 is 0 Å². The average Bonchev–Trinajstić information content (AvgIpc) is 2.05. The first-order valence-electron chi connectivity index (χ1n) is 4.67. The predicted molar refractivity (Wildman–Crippen MR) is 53.7 cm³/mol. The molecular weight excluding hydrogens is 166 g/mol. The van der Waals surface area contributed by atoms with Crippen LogP contribution in [0.25, 0.3) is 0 Å². The second-order valence-electron chi connectivity index (χ2n) is 3.29. The quantitative estimate of drug-likeness (QED) is 0.612. The van der Waals surface area contributed by atoms with Crippen molar-refractivity contribution in [2.24, 2.45) is 5.92 Å². The molecule has 13 heavy (non-hydrogen) atoms. The molecule has 0 aromatic rings. The molecule has 0 spiro atoms. The third kappa shape index (κ3) is 5.42. The summed E-state index contributed by atoms with van der Waals surface area (Å²) in [4.78, 5) is 12.7. The normalized spacial score (nSPS) is 12.8. The number of carboxylic acid groups (broad SMARTS) is 1. The lowest BCUT2D eigenvalue weighted by molar-refractivity contribution is -0.141. The molecule has 76 valence electrons. The molecule has 0 aromatic carbocycles. The van der Waals surface area contributed by atoms with E-state index < -0.39 is 5.97 Å². The molecule has 1 N–H and O–H groups in total. The molecule has 0 aliphatic carbocycles. The third-order valence-corrected chi connectivity index (χ3v) is 1.88. The first-order chi connectivity index (χ1) is 6.11. The van der Waals surface area contributed by atoms with E-state index in [2.05, 4.69) is 18.4 Å². The molecule has 0 radical (unpaired) electrons. The van der Waals surface area contributed by atoms with Crippen LogP contribution in [0.1, 0.15) is 20.3 Å². The van der Waals surface area contributed by atoms with Crippen LogP contribution in [-0.4, -0.2) is 35.6 Å². The number of aliphatic carboxylic acids is 1.